The van der Waals surface area contributed by atoms with Crippen molar-refractivity contribution in [1.82, 2.24) is 13.9 Å². The molecule has 1 aliphatic heterocycles. The van der Waals surface area contributed by atoms with Crippen molar-refractivity contribution < 1.29 is 22.7 Å². The van der Waals surface area contributed by atoms with Crippen LogP contribution in [-0.4, -0.2) is 47.4 Å². The molecule has 34 heavy (non-hydrogen) atoms. The Labute approximate surface area is 197 Å². The van der Waals surface area contributed by atoms with Crippen molar-refractivity contribution in [2.24, 2.45) is 5.73 Å². The Bertz CT molecular complexity index is 1310. The molecular formula is C23H27N5O5S. The Balaban J connectivity index is 1.52. The molecule has 0 saturated carbocycles. The highest BCUT2D eigenvalue weighted by Crippen LogP contribution is 2.25. The maximum atomic E-state index is 13.0. The number of esters is 1. The Morgan fingerprint density at radius 3 is 2.44 bits per heavy atom. The summed E-state index contributed by atoms with van der Waals surface area (Å²) in [5, 5.41) is 2.42. The molecule has 180 valence electrons. The van der Waals surface area contributed by atoms with E-state index in [2.05, 4.69) is 10.3 Å². The summed E-state index contributed by atoms with van der Waals surface area (Å²) in [7, 11) is -3.57. The number of hydrogen-bond acceptors (Lipinski definition) is 6. The molecule has 0 radical (unpaired) electrons. The van der Waals surface area contributed by atoms with Crippen molar-refractivity contribution in [1.29, 1.82) is 0 Å². The van der Waals surface area contributed by atoms with Gasteiger partial charge in [0.25, 0.3) is 0 Å². The second-order valence-electron chi connectivity index (χ2n) is 8.03. The molecule has 3 N–H and O–H groups in total. The molecule has 0 spiro atoms. The third-order valence-electron chi connectivity index (χ3n) is 5.79. The molecule has 1 saturated heterocycles. The van der Waals surface area contributed by atoms with Crippen molar-refractivity contribution in [2.75, 3.05) is 18.4 Å². The zero-order chi connectivity index (χ0) is 24.3. The zero-order valence-electron chi connectivity index (χ0n) is 18.9. The summed E-state index contributed by atoms with van der Waals surface area (Å²) in [5.41, 5.74) is 7.16. The molecule has 11 heteroatoms. The van der Waals surface area contributed by atoms with Gasteiger partial charge in [-0.15, -0.1) is 0 Å². The fourth-order valence-electron chi connectivity index (χ4n) is 4.08. The van der Waals surface area contributed by atoms with Gasteiger partial charge in [-0.3, -0.25) is 0 Å². The first kappa shape index (κ1) is 23.7. The Kier molecular flexibility index (Phi) is 6.85. The molecule has 1 aromatic heterocycles. The van der Waals surface area contributed by atoms with Crippen LogP contribution in [0.1, 0.15) is 42.4 Å². The molecule has 0 aliphatic carbocycles. The molecule has 0 bridgehead atoms. The predicted molar refractivity (Wildman–Crippen MR) is 127 cm³/mol. The number of aryl methyl sites for hydroxylation is 1. The number of nitrogens with zero attached hydrogens (tertiary/aromatic N) is 3. The van der Waals surface area contributed by atoms with Gasteiger partial charge in [0.1, 0.15) is 12.4 Å². The van der Waals surface area contributed by atoms with E-state index in [0.29, 0.717) is 42.2 Å². The number of amides is 2. The summed E-state index contributed by atoms with van der Waals surface area (Å²) in [6, 6.07) is 10.4. The van der Waals surface area contributed by atoms with Gasteiger partial charge in [0.05, 0.1) is 21.5 Å². The third kappa shape index (κ3) is 4.90. The van der Waals surface area contributed by atoms with Gasteiger partial charge < -0.3 is 20.4 Å². The number of sulfonamides is 1. The summed E-state index contributed by atoms with van der Waals surface area (Å²) in [6.45, 7) is 3.51. The van der Waals surface area contributed by atoms with Crippen LogP contribution in [0.2, 0.25) is 0 Å². The second-order valence-corrected chi connectivity index (χ2v) is 9.97. The average Bonchev–Trinajstić information content (AvgIpc) is 3.20. The van der Waals surface area contributed by atoms with E-state index in [1.165, 1.54) is 16.4 Å². The van der Waals surface area contributed by atoms with Gasteiger partial charge in [-0.1, -0.05) is 6.42 Å². The number of hydrogen-bond donors (Lipinski definition) is 2. The fraction of sp³-hybridized carbons (Fsp3) is 0.348. The van der Waals surface area contributed by atoms with Crippen LogP contribution in [0.4, 0.5) is 10.5 Å². The van der Waals surface area contributed by atoms with Crippen molar-refractivity contribution >= 4 is 38.7 Å². The van der Waals surface area contributed by atoms with Crippen LogP contribution < -0.4 is 11.1 Å². The molecular weight excluding hydrogens is 458 g/mol. The zero-order valence-corrected chi connectivity index (χ0v) is 19.7. The lowest BCUT2D eigenvalue weighted by Gasteiger charge is -2.25. The third-order valence-corrected chi connectivity index (χ3v) is 7.68. The normalized spacial score (nSPS) is 14.7. The number of carbonyl (C=O) groups excluding carboxylic acids is 2. The number of rotatable bonds is 7. The minimum atomic E-state index is -3.57. The number of anilines is 1. The molecule has 2 aromatic carbocycles. The van der Waals surface area contributed by atoms with E-state index in [0.717, 1.165) is 24.8 Å². The highest BCUT2D eigenvalue weighted by Gasteiger charge is 2.26. The summed E-state index contributed by atoms with van der Waals surface area (Å²) < 4.78 is 34.9. The fourth-order valence-corrected chi connectivity index (χ4v) is 5.62. The first-order valence-corrected chi connectivity index (χ1v) is 12.6. The lowest BCUT2D eigenvalue weighted by Crippen LogP contribution is -2.35. The van der Waals surface area contributed by atoms with E-state index in [1.54, 1.807) is 30.3 Å². The molecule has 2 heterocycles. The Morgan fingerprint density at radius 1 is 1.09 bits per heavy atom. The number of nitrogens with one attached hydrogen (secondary N) is 1. The average molecular weight is 486 g/mol. The van der Waals surface area contributed by atoms with Gasteiger partial charge in [0.2, 0.25) is 10.0 Å². The first-order valence-electron chi connectivity index (χ1n) is 11.1. The van der Waals surface area contributed by atoms with Crippen LogP contribution in [-0.2, 0) is 27.9 Å². The summed E-state index contributed by atoms with van der Waals surface area (Å²) in [5.74, 6) is -0.0286. The second kappa shape index (κ2) is 9.82. The number of benzene rings is 2. The van der Waals surface area contributed by atoms with Gasteiger partial charge in [0.15, 0.2) is 0 Å². The smallest absolute Gasteiger partial charge is 0.338 e. The molecule has 0 unspecified atom stereocenters. The molecule has 1 fully saturated rings. The lowest BCUT2D eigenvalue weighted by atomic mass is 10.2. The van der Waals surface area contributed by atoms with E-state index >= 15 is 0 Å². The molecule has 1 aliphatic rings. The largest absolute Gasteiger partial charge is 0.454 e. The number of ether oxygens (including phenoxy) is 1. The number of carbonyl (C=O) groups is 2. The topological polar surface area (TPSA) is 137 Å². The molecule has 2 amide bonds. The van der Waals surface area contributed by atoms with E-state index in [-0.39, 0.29) is 11.5 Å². The summed E-state index contributed by atoms with van der Waals surface area (Å²) >= 11 is 0. The number of aromatic nitrogens is 2. The van der Waals surface area contributed by atoms with E-state index in [9.17, 15) is 18.0 Å². The number of urea groups is 1. The number of piperidine rings is 1. The van der Waals surface area contributed by atoms with E-state index in [1.807, 2.05) is 11.5 Å². The summed E-state index contributed by atoms with van der Waals surface area (Å²) in [6.07, 6.45) is 2.78. The van der Waals surface area contributed by atoms with Crippen LogP contribution in [0, 0.1) is 0 Å². The number of imidazole rings is 1. The minimum Gasteiger partial charge on any atom is -0.454 e. The minimum absolute atomic E-state index is 0.0726. The van der Waals surface area contributed by atoms with Gasteiger partial charge >= 0.3 is 12.0 Å². The molecule has 10 nitrogen and oxygen atoms in total. The number of primary amides is 1. The molecule has 3 aromatic rings. The maximum Gasteiger partial charge on any atom is 0.338 e. The van der Waals surface area contributed by atoms with Crippen LogP contribution in [0.5, 0.6) is 0 Å². The SMILES string of the molecule is CCn1c(COC(=O)c2ccc(NC(N)=O)cc2)nc2cc(S(=O)(=O)N3CCCCC3)ccc21. The predicted octanol–water partition coefficient (Wildman–Crippen LogP) is 3.08. The van der Waals surface area contributed by atoms with Gasteiger partial charge in [-0.2, -0.15) is 4.31 Å². The van der Waals surface area contributed by atoms with Crippen LogP contribution >= 0.6 is 0 Å². The van der Waals surface area contributed by atoms with E-state index in [4.69, 9.17) is 10.5 Å². The Hall–Kier alpha value is -3.44. The monoisotopic (exact) mass is 485 g/mol. The quantitative estimate of drug-likeness (QED) is 0.494. The molecule has 4 rings (SSSR count). The first-order chi connectivity index (χ1) is 16.3. The lowest BCUT2D eigenvalue weighted by molar-refractivity contribution is 0.0458. The van der Waals surface area contributed by atoms with Crippen molar-refractivity contribution in [3.63, 3.8) is 0 Å². The molecule has 0 atom stereocenters. The standard InChI is InChI=1S/C23H27N5O5S/c1-2-28-20-11-10-18(34(31,32)27-12-4-3-5-13-27)14-19(20)26-21(28)15-33-22(29)16-6-8-17(9-7-16)25-23(24)30/h6-11,14H,2-5,12-13,15H2,1H3,(H3,24,25,30). The van der Waals surface area contributed by atoms with Crippen molar-refractivity contribution in [3.8, 4) is 0 Å². The maximum absolute atomic E-state index is 13.0. The van der Waals surface area contributed by atoms with Crippen molar-refractivity contribution in [3.05, 3.63) is 53.9 Å². The van der Waals surface area contributed by atoms with Gasteiger partial charge in [-0.25, -0.2) is 23.0 Å². The van der Waals surface area contributed by atoms with Gasteiger partial charge in [-0.05, 0) is 62.2 Å². The van der Waals surface area contributed by atoms with Crippen LogP contribution in [0.15, 0.2) is 47.4 Å². The highest BCUT2D eigenvalue weighted by molar-refractivity contribution is 7.89. The van der Waals surface area contributed by atoms with Crippen LogP contribution in [0.25, 0.3) is 11.0 Å². The number of fused-ring (bicyclic) bond motifs is 1. The summed E-state index contributed by atoms with van der Waals surface area (Å²) in [4.78, 5) is 28.2. The van der Waals surface area contributed by atoms with Crippen molar-refractivity contribution in [2.45, 2.75) is 44.2 Å². The van der Waals surface area contributed by atoms with E-state index < -0.39 is 22.0 Å². The van der Waals surface area contributed by atoms with Crippen LogP contribution in [0.3, 0.4) is 0 Å². The number of nitrogens with two attached hydrogens (primary N) is 1. The van der Waals surface area contributed by atoms with Gasteiger partial charge in [0, 0.05) is 25.3 Å². The Morgan fingerprint density at radius 2 is 1.79 bits per heavy atom. The highest BCUT2D eigenvalue weighted by atomic mass is 32.2.